The second-order valence-electron chi connectivity index (χ2n) is 8.57. The average molecular weight is 532 g/mol. The minimum absolute atomic E-state index is 0.000521. The number of hydrogen-bond donors (Lipinski definition) is 1. The Hall–Kier alpha value is -2.32. The highest BCUT2D eigenvalue weighted by molar-refractivity contribution is 7.99. The fourth-order valence-corrected chi connectivity index (χ4v) is 5.06. The lowest BCUT2D eigenvalue weighted by atomic mass is 9.97. The van der Waals surface area contributed by atoms with E-state index in [4.69, 9.17) is 27.9 Å². The van der Waals surface area contributed by atoms with Gasteiger partial charge in [-0.2, -0.15) is 0 Å². The molecule has 1 atom stereocenters. The van der Waals surface area contributed by atoms with E-state index < -0.39 is 0 Å². The summed E-state index contributed by atoms with van der Waals surface area (Å²) in [4.78, 5) is 23.6. The van der Waals surface area contributed by atoms with Crippen molar-refractivity contribution in [3.8, 4) is 16.9 Å². The number of rotatable bonds is 9. The van der Waals surface area contributed by atoms with Crippen LogP contribution in [-0.4, -0.2) is 53.3 Å². The van der Waals surface area contributed by atoms with Gasteiger partial charge in [0.1, 0.15) is 5.75 Å². The summed E-state index contributed by atoms with van der Waals surface area (Å²) in [6.07, 6.45) is 5.78. The van der Waals surface area contributed by atoms with Gasteiger partial charge in [-0.1, -0.05) is 53.2 Å². The van der Waals surface area contributed by atoms with E-state index in [2.05, 4.69) is 20.2 Å². The topological polar surface area (TPSA) is 67.3 Å². The molecule has 4 rings (SSSR count). The SMILES string of the molecule is COc1ccc(-c2cnc(SCC(=O)NCC3CCCN(Cc4ccc(Cl)c(Cl)c4)C3)nc2)cc1. The molecule has 0 aliphatic carbocycles. The van der Waals surface area contributed by atoms with Gasteiger partial charge in [-0.05, 0) is 60.7 Å². The Bertz CT molecular complexity index is 1130. The van der Waals surface area contributed by atoms with Crippen molar-refractivity contribution in [2.24, 2.45) is 5.92 Å². The lowest BCUT2D eigenvalue weighted by Crippen LogP contribution is -2.40. The van der Waals surface area contributed by atoms with Crippen LogP contribution >= 0.6 is 35.0 Å². The predicted octanol–water partition coefficient (Wildman–Crippen LogP) is 5.58. The van der Waals surface area contributed by atoms with Gasteiger partial charge >= 0.3 is 0 Å². The number of methoxy groups -OCH3 is 1. The van der Waals surface area contributed by atoms with Crippen LogP contribution in [0.4, 0.5) is 0 Å². The van der Waals surface area contributed by atoms with Crippen molar-refractivity contribution in [3.63, 3.8) is 0 Å². The minimum Gasteiger partial charge on any atom is -0.497 e. The third-order valence-electron chi connectivity index (χ3n) is 5.97. The highest BCUT2D eigenvalue weighted by Gasteiger charge is 2.21. The fraction of sp³-hybridized carbons (Fsp3) is 0.346. The maximum Gasteiger partial charge on any atom is 0.230 e. The van der Waals surface area contributed by atoms with Gasteiger partial charge in [-0.15, -0.1) is 0 Å². The molecule has 0 spiro atoms. The third kappa shape index (κ3) is 7.58. The van der Waals surface area contributed by atoms with Crippen molar-refractivity contribution in [3.05, 3.63) is 70.5 Å². The highest BCUT2D eigenvalue weighted by Crippen LogP contribution is 2.25. The standard InChI is InChI=1S/C26H28Cl2N4O2S/c1-34-22-7-5-20(6-8-22)21-13-30-26(31-14-21)35-17-25(33)29-12-19-3-2-10-32(16-19)15-18-4-9-23(27)24(28)11-18/h4-9,11,13-14,19H,2-3,10,12,15-17H2,1H3,(H,29,33). The van der Waals surface area contributed by atoms with Crippen LogP contribution in [0.5, 0.6) is 5.75 Å². The summed E-state index contributed by atoms with van der Waals surface area (Å²) in [5, 5.41) is 4.83. The molecule has 2 heterocycles. The lowest BCUT2D eigenvalue weighted by Gasteiger charge is -2.33. The van der Waals surface area contributed by atoms with Gasteiger partial charge in [-0.25, -0.2) is 9.97 Å². The number of piperidine rings is 1. The van der Waals surface area contributed by atoms with E-state index in [1.165, 1.54) is 11.8 Å². The zero-order valence-corrected chi connectivity index (χ0v) is 21.9. The molecule has 1 unspecified atom stereocenters. The van der Waals surface area contributed by atoms with Gasteiger partial charge in [0.25, 0.3) is 0 Å². The molecule has 9 heteroatoms. The van der Waals surface area contributed by atoms with Crippen LogP contribution in [0, 0.1) is 5.92 Å². The number of amides is 1. The van der Waals surface area contributed by atoms with Gasteiger partial charge in [0, 0.05) is 37.6 Å². The van der Waals surface area contributed by atoms with E-state index in [0.29, 0.717) is 33.4 Å². The second kappa shape index (κ2) is 12.6. The van der Waals surface area contributed by atoms with Crippen LogP contribution < -0.4 is 10.1 Å². The molecular weight excluding hydrogens is 503 g/mol. The average Bonchev–Trinajstić information content (AvgIpc) is 2.89. The second-order valence-corrected chi connectivity index (χ2v) is 10.3. The van der Waals surface area contributed by atoms with Crippen molar-refractivity contribution in [1.82, 2.24) is 20.2 Å². The fourth-order valence-electron chi connectivity index (χ4n) is 4.12. The number of halogens is 2. The van der Waals surface area contributed by atoms with Gasteiger partial charge < -0.3 is 10.1 Å². The maximum absolute atomic E-state index is 12.4. The normalized spacial score (nSPS) is 16.1. The van der Waals surface area contributed by atoms with Crippen LogP contribution in [0.25, 0.3) is 11.1 Å². The van der Waals surface area contributed by atoms with E-state index in [9.17, 15) is 4.79 Å². The number of nitrogens with zero attached hydrogens (tertiary/aromatic N) is 3. The van der Waals surface area contributed by atoms with Crippen molar-refractivity contribution in [2.75, 3.05) is 32.5 Å². The van der Waals surface area contributed by atoms with Gasteiger partial charge in [0.2, 0.25) is 5.91 Å². The summed E-state index contributed by atoms with van der Waals surface area (Å²) in [7, 11) is 1.64. The number of carbonyl (C=O) groups is 1. The summed E-state index contributed by atoms with van der Waals surface area (Å²) in [6, 6.07) is 13.5. The number of benzene rings is 2. The summed E-state index contributed by atoms with van der Waals surface area (Å²) < 4.78 is 5.19. The Kier molecular flexibility index (Phi) is 9.26. The Morgan fingerprint density at radius 2 is 1.89 bits per heavy atom. The summed E-state index contributed by atoms with van der Waals surface area (Å²) >= 11 is 13.5. The Morgan fingerprint density at radius 1 is 1.11 bits per heavy atom. The minimum atomic E-state index is -0.000521. The molecule has 35 heavy (non-hydrogen) atoms. The zero-order valence-electron chi connectivity index (χ0n) is 19.5. The number of aromatic nitrogens is 2. The maximum atomic E-state index is 12.4. The molecule has 1 aliphatic heterocycles. The summed E-state index contributed by atoms with van der Waals surface area (Å²) in [5.41, 5.74) is 3.09. The van der Waals surface area contributed by atoms with E-state index in [1.54, 1.807) is 19.5 Å². The molecule has 1 fully saturated rings. The van der Waals surface area contributed by atoms with E-state index in [0.717, 1.165) is 54.9 Å². The van der Waals surface area contributed by atoms with Gasteiger partial charge in [-0.3, -0.25) is 9.69 Å². The predicted molar refractivity (Wildman–Crippen MR) is 142 cm³/mol. The van der Waals surface area contributed by atoms with E-state index in [-0.39, 0.29) is 5.91 Å². The summed E-state index contributed by atoms with van der Waals surface area (Å²) in [6.45, 7) is 3.50. The first-order valence-electron chi connectivity index (χ1n) is 11.5. The summed E-state index contributed by atoms with van der Waals surface area (Å²) in [5.74, 6) is 1.53. The molecule has 1 N–H and O–H groups in total. The first kappa shape index (κ1) is 25.8. The van der Waals surface area contributed by atoms with Crippen LogP contribution in [0.2, 0.25) is 10.0 Å². The lowest BCUT2D eigenvalue weighted by molar-refractivity contribution is -0.118. The number of nitrogens with one attached hydrogen (secondary N) is 1. The Balaban J connectivity index is 1.19. The molecule has 2 aromatic carbocycles. The molecule has 1 aliphatic rings. The zero-order chi connectivity index (χ0) is 24.6. The van der Waals surface area contributed by atoms with Crippen LogP contribution in [0.1, 0.15) is 18.4 Å². The quantitative estimate of drug-likeness (QED) is 0.287. The molecule has 3 aromatic rings. The monoisotopic (exact) mass is 530 g/mol. The van der Waals surface area contributed by atoms with Crippen molar-refractivity contribution < 1.29 is 9.53 Å². The largest absolute Gasteiger partial charge is 0.497 e. The third-order valence-corrected chi connectivity index (χ3v) is 7.58. The van der Waals surface area contributed by atoms with Crippen LogP contribution in [0.3, 0.4) is 0 Å². The highest BCUT2D eigenvalue weighted by atomic mass is 35.5. The van der Waals surface area contributed by atoms with Crippen LogP contribution in [-0.2, 0) is 11.3 Å². The van der Waals surface area contributed by atoms with Crippen molar-refractivity contribution >= 4 is 40.9 Å². The smallest absolute Gasteiger partial charge is 0.230 e. The molecular formula is C26H28Cl2N4O2S. The van der Waals surface area contributed by atoms with Gasteiger partial charge in [0.05, 0.1) is 22.9 Å². The number of hydrogen-bond acceptors (Lipinski definition) is 6. The first-order chi connectivity index (χ1) is 17.0. The van der Waals surface area contributed by atoms with Gasteiger partial charge in [0.15, 0.2) is 5.16 Å². The molecule has 1 aromatic heterocycles. The Labute approximate surface area is 220 Å². The number of thioether (sulfide) groups is 1. The number of ether oxygens (including phenoxy) is 1. The molecule has 6 nitrogen and oxygen atoms in total. The van der Waals surface area contributed by atoms with Crippen molar-refractivity contribution in [2.45, 2.75) is 24.5 Å². The van der Waals surface area contributed by atoms with E-state index >= 15 is 0 Å². The van der Waals surface area contributed by atoms with E-state index in [1.807, 2.05) is 42.5 Å². The number of carbonyl (C=O) groups excluding carboxylic acids is 1. The molecule has 0 radical (unpaired) electrons. The number of likely N-dealkylation sites (tertiary alicyclic amines) is 1. The van der Waals surface area contributed by atoms with Crippen LogP contribution in [0.15, 0.2) is 60.0 Å². The van der Waals surface area contributed by atoms with Crippen molar-refractivity contribution in [1.29, 1.82) is 0 Å². The Morgan fingerprint density at radius 3 is 2.60 bits per heavy atom. The molecule has 184 valence electrons. The molecule has 1 saturated heterocycles. The first-order valence-corrected chi connectivity index (χ1v) is 13.3. The molecule has 0 bridgehead atoms. The molecule has 0 saturated carbocycles. The molecule has 1 amide bonds.